The Kier molecular flexibility index (Phi) is 5.42. The summed E-state index contributed by atoms with van der Waals surface area (Å²) in [5.41, 5.74) is 1.53. The van der Waals surface area contributed by atoms with E-state index in [0.717, 1.165) is 14.5 Å². The van der Waals surface area contributed by atoms with E-state index >= 15 is 0 Å². The van der Waals surface area contributed by atoms with E-state index in [2.05, 4.69) is 31.9 Å². The predicted octanol–water partition coefficient (Wildman–Crippen LogP) is 4.65. The summed E-state index contributed by atoms with van der Waals surface area (Å²) >= 11 is 6.79. The number of hydrogen-bond donors (Lipinski definition) is 0. The van der Waals surface area contributed by atoms with E-state index in [1.807, 2.05) is 30.3 Å². The van der Waals surface area contributed by atoms with Crippen LogP contribution in [0.15, 0.2) is 45.3 Å². The van der Waals surface area contributed by atoms with Gasteiger partial charge in [-0.3, -0.25) is 4.79 Å². The summed E-state index contributed by atoms with van der Waals surface area (Å²) in [6, 6.07) is 11.0. The maximum Gasteiger partial charge on any atom is 0.168 e. The normalized spacial score (nSPS) is 10.3. The van der Waals surface area contributed by atoms with Crippen LogP contribution in [0.1, 0.15) is 15.9 Å². The zero-order valence-corrected chi connectivity index (χ0v) is 14.8. The molecule has 21 heavy (non-hydrogen) atoms. The van der Waals surface area contributed by atoms with Gasteiger partial charge in [-0.15, -0.1) is 0 Å². The van der Waals surface area contributed by atoms with Crippen LogP contribution >= 0.6 is 31.9 Å². The highest BCUT2D eigenvalue weighted by atomic mass is 79.9. The van der Waals surface area contributed by atoms with Gasteiger partial charge in [0.25, 0.3) is 0 Å². The number of hydrogen-bond acceptors (Lipinski definition) is 3. The van der Waals surface area contributed by atoms with Crippen LogP contribution in [0.5, 0.6) is 11.5 Å². The molecule has 0 unspecified atom stereocenters. The molecule has 0 atom stereocenters. The Morgan fingerprint density at radius 2 is 1.71 bits per heavy atom. The van der Waals surface area contributed by atoms with Gasteiger partial charge < -0.3 is 9.47 Å². The Bertz CT molecular complexity index is 669. The fourth-order valence-corrected chi connectivity index (χ4v) is 2.81. The third kappa shape index (κ3) is 3.86. The van der Waals surface area contributed by atoms with E-state index in [1.165, 1.54) is 0 Å². The second kappa shape index (κ2) is 7.09. The van der Waals surface area contributed by atoms with E-state index in [-0.39, 0.29) is 5.78 Å². The molecule has 0 spiro atoms. The van der Waals surface area contributed by atoms with Crippen LogP contribution in [0.3, 0.4) is 0 Å². The summed E-state index contributed by atoms with van der Waals surface area (Å²) in [6.45, 7) is 0. The maximum atomic E-state index is 12.4. The molecule has 110 valence electrons. The second-order valence-corrected chi connectivity index (χ2v) is 6.18. The molecule has 0 aliphatic carbocycles. The molecule has 2 rings (SSSR count). The average Bonchev–Trinajstić information content (AvgIpc) is 2.49. The van der Waals surface area contributed by atoms with E-state index in [1.54, 1.807) is 20.3 Å². The molecule has 0 heterocycles. The third-order valence-corrected chi connectivity index (χ3v) is 4.23. The van der Waals surface area contributed by atoms with Crippen molar-refractivity contribution >= 4 is 37.6 Å². The molecule has 0 saturated heterocycles. The molecule has 0 fully saturated rings. The minimum Gasteiger partial charge on any atom is -0.493 e. The van der Waals surface area contributed by atoms with Crippen LogP contribution in [-0.4, -0.2) is 20.0 Å². The quantitative estimate of drug-likeness (QED) is 0.669. The number of ether oxygens (including phenoxy) is 2. The van der Waals surface area contributed by atoms with Crippen molar-refractivity contribution in [2.24, 2.45) is 0 Å². The van der Waals surface area contributed by atoms with Crippen LogP contribution in [0.2, 0.25) is 0 Å². The number of methoxy groups -OCH3 is 2. The predicted molar refractivity (Wildman–Crippen MR) is 89.4 cm³/mol. The first kappa shape index (κ1) is 16.0. The lowest BCUT2D eigenvalue weighted by Crippen LogP contribution is -2.05. The molecule has 0 aromatic heterocycles. The topological polar surface area (TPSA) is 35.5 Å². The summed E-state index contributed by atoms with van der Waals surface area (Å²) in [6.07, 6.45) is 0.301. The van der Waals surface area contributed by atoms with E-state index in [0.29, 0.717) is 23.5 Å². The van der Waals surface area contributed by atoms with Crippen LogP contribution in [0.25, 0.3) is 0 Å². The smallest absolute Gasteiger partial charge is 0.168 e. The number of halogens is 2. The van der Waals surface area contributed by atoms with Gasteiger partial charge in [-0.25, -0.2) is 0 Å². The van der Waals surface area contributed by atoms with Gasteiger partial charge in [0.15, 0.2) is 17.3 Å². The Balaban J connectivity index is 2.25. The first-order valence-corrected chi connectivity index (χ1v) is 7.83. The number of carbonyl (C=O) groups is 1. The molecule has 0 aliphatic heterocycles. The van der Waals surface area contributed by atoms with E-state index < -0.39 is 0 Å². The minimum atomic E-state index is 0.0374. The molecular formula is C16H14Br2O3. The molecule has 2 aromatic rings. The average molecular weight is 414 g/mol. The zero-order chi connectivity index (χ0) is 15.4. The van der Waals surface area contributed by atoms with Gasteiger partial charge in [-0.05, 0) is 35.9 Å². The number of rotatable bonds is 5. The first-order valence-electron chi connectivity index (χ1n) is 6.24. The lowest BCUT2D eigenvalue weighted by molar-refractivity contribution is 0.0992. The van der Waals surface area contributed by atoms with Gasteiger partial charge in [0.05, 0.1) is 14.2 Å². The number of ketones is 1. The lowest BCUT2D eigenvalue weighted by Gasteiger charge is -2.10. The summed E-state index contributed by atoms with van der Waals surface area (Å²) in [4.78, 5) is 12.4. The van der Waals surface area contributed by atoms with Crippen molar-refractivity contribution in [1.29, 1.82) is 0 Å². The summed E-state index contributed by atoms with van der Waals surface area (Å²) in [5, 5.41) is 0. The van der Waals surface area contributed by atoms with Crippen molar-refractivity contribution in [2.45, 2.75) is 6.42 Å². The Morgan fingerprint density at radius 1 is 1.00 bits per heavy atom. The Labute approximate surface area is 140 Å². The second-order valence-electron chi connectivity index (χ2n) is 4.41. The molecule has 0 amide bonds. The molecule has 0 saturated carbocycles. The van der Waals surface area contributed by atoms with Crippen molar-refractivity contribution in [2.75, 3.05) is 14.2 Å². The maximum absolute atomic E-state index is 12.4. The molecule has 3 nitrogen and oxygen atoms in total. The highest BCUT2D eigenvalue weighted by Gasteiger charge is 2.13. The molecule has 0 bridgehead atoms. The van der Waals surface area contributed by atoms with Crippen molar-refractivity contribution in [3.63, 3.8) is 0 Å². The standard InChI is InChI=1S/C16H14Br2O3/c1-20-15-6-3-10(8-16(15)21-2)7-14(19)12-9-11(17)4-5-13(12)18/h3-6,8-9H,7H2,1-2H3. The summed E-state index contributed by atoms with van der Waals surface area (Å²) in [7, 11) is 3.16. The number of Topliss-reactive ketones (excluding diaryl/α,β-unsaturated/α-hetero) is 1. The zero-order valence-electron chi connectivity index (χ0n) is 11.7. The van der Waals surface area contributed by atoms with Crippen molar-refractivity contribution in [3.8, 4) is 11.5 Å². The fraction of sp³-hybridized carbons (Fsp3) is 0.188. The fourth-order valence-electron chi connectivity index (χ4n) is 1.98. The van der Waals surface area contributed by atoms with Crippen molar-refractivity contribution < 1.29 is 14.3 Å². The van der Waals surface area contributed by atoms with Crippen LogP contribution in [0, 0.1) is 0 Å². The van der Waals surface area contributed by atoms with Crippen molar-refractivity contribution in [3.05, 3.63) is 56.5 Å². The molecular weight excluding hydrogens is 400 g/mol. The van der Waals surface area contributed by atoms with Crippen LogP contribution < -0.4 is 9.47 Å². The highest BCUT2D eigenvalue weighted by Crippen LogP contribution is 2.29. The Hall–Kier alpha value is -1.33. The van der Waals surface area contributed by atoms with Gasteiger partial charge in [0, 0.05) is 20.9 Å². The van der Waals surface area contributed by atoms with Gasteiger partial charge in [0.2, 0.25) is 0 Å². The third-order valence-electron chi connectivity index (χ3n) is 3.04. The number of carbonyl (C=O) groups excluding carboxylic acids is 1. The minimum absolute atomic E-state index is 0.0374. The summed E-state index contributed by atoms with van der Waals surface area (Å²) < 4.78 is 12.1. The SMILES string of the molecule is COc1ccc(CC(=O)c2cc(Br)ccc2Br)cc1OC. The first-order chi connectivity index (χ1) is 10.0. The van der Waals surface area contributed by atoms with Crippen LogP contribution in [-0.2, 0) is 6.42 Å². The van der Waals surface area contributed by atoms with Gasteiger partial charge in [-0.2, -0.15) is 0 Å². The number of benzene rings is 2. The molecule has 0 N–H and O–H groups in total. The summed E-state index contributed by atoms with van der Waals surface area (Å²) in [5.74, 6) is 1.31. The van der Waals surface area contributed by atoms with Gasteiger partial charge in [-0.1, -0.05) is 37.9 Å². The molecule has 2 aromatic carbocycles. The van der Waals surface area contributed by atoms with E-state index in [9.17, 15) is 4.79 Å². The van der Waals surface area contributed by atoms with E-state index in [4.69, 9.17) is 9.47 Å². The highest BCUT2D eigenvalue weighted by molar-refractivity contribution is 9.11. The van der Waals surface area contributed by atoms with Crippen LogP contribution in [0.4, 0.5) is 0 Å². The lowest BCUT2D eigenvalue weighted by atomic mass is 10.0. The molecule has 0 aliphatic rings. The monoisotopic (exact) mass is 412 g/mol. The largest absolute Gasteiger partial charge is 0.493 e. The Morgan fingerprint density at radius 3 is 2.38 bits per heavy atom. The molecule has 5 heteroatoms. The van der Waals surface area contributed by atoms with Crippen molar-refractivity contribution in [1.82, 2.24) is 0 Å². The van der Waals surface area contributed by atoms with Gasteiger partial charge in [0.1, 0.15) is 0 Å². The molecule has 0 radical (unpaired) electrons. The van der Waals surface area contributed by atoms with Gasteiger partial charge >= 0.3 is 0 Å².